The molecule has 0 bridgehead atoms. The van der Waals surface area contributed by atoms with Gasteiger partial charge in [-0.2, -0.15) is 5.26 Å². The molecule has 1 saturated heterocycles. The third-order valence-corrected chi connectivity index (χ3v) is 6.70. The van der Waals surface area contributed by atoms with Crippen molar-refractivity contribution in [3.8, 4) is 6.07 Å². The quantitative estimate of drug-likeness (QED) is 0.576. The Hall–Kier alpha value is -3.54. The molecule has 2 atom stereocenters. The van der Waals surface area contributed by atoms with Gasteiger partial charge in [0.15, 0.2) is 0 Å². The number of aromatic nitrogens is 2. The van der Waals surface area contributed by atoms with E-state index < -0.39 is 18.0 Å². The van der Waals surface area contributed by atoms with E-state index >= 15 is 0 Å². The highest BCUT2D eigenvalue weighted by Crippen LogP contribution is 2.43. The lowest BCUT2D eigenvalue weighted by molar-refractivity contribution is -0.120. The van der Waals surface area contributed by atoms with Gasteiger partial charge in [-0.25, -0.2) is 9.88 Å². The number of benzene rings is 2. The van der Waals surface area contributed by atoms with Crippen molar-refractivity contribution in [3.05, 3.63) is 69.8 Å². The zero-order valence-electron chi connectivity index (χ0n) is 18.0. The van der Waals surface area contributed by atoms with Crippen molar-refractivity contribution in [2.75, 3.05) is 16.3 Å². The molecule has 0 spiro atoms. The average Bonchev–Trinajstić information content (AvgIpc) is 3.50. The maximum atomic E-state index is 13.8. The van der Waals surface area contributed by atoms with Crippen LogP contribution in [0.1, 0.15) is 30.0 Å². The van der Waals surface area contributed by atoms with E-state index in [4.69, 9.17) is 34.2 Å². The van der Waals surface area contributed by atoms with E-state index in [0.717, 1.165) is 12.0 Å². The first kappa shape index (κ1) is 22.3. The lowest BCUT2D eigenvalue weighted by atomic mass is 10.0. The largest absolute Gasteiger partial charge is 0.368 e. The summed E-state index contributed by atoms with van der Waals surface area (Å²) in [5.74, 6) is 0.493. The maximum absolute atomic E-state index is 13.8. The number of amides is 2. The van der Waals surface area contributed by atoms with Crippen LogP contribution in [0.15, 0.2) is 48.7 Å². The molecule has 2 amide bonds. The van der Waals surface area contributed by atoms with Gasteiger partial charge in [0, 0.05) is 23.0 Å². The number of carbonyl (C=O) groups excluding carboxylic acids is 2. The normalized spacial score (nSPS) is 19.4. The second-order valence-corrected chi connectivity index (χ2v) is 9.24. The molecular weight excluding hydrogens is 475 g/mol. The molecule has 0 radical (unpaired) electrons. The van der Waals surface area contributed by atoms with Gasteiger partial charge in [0.25, 0.3) is 5.91 Å². The first-order chi connectivity index (χ1) is 16.4. The first-order valence-corrected chi connectivity index (χ1v) is 11.5. The Balaban J connectivity index is 1.61. The van der Waals surface area contributed by atoms with Crippen LogP contribution in [0, 0.1) is 11.3 Å². The van der Waals surface area contributed by atoms with Crippen molar-refractivity contribution < 1.29 is 9.59 Å². The van der Waals surface area contributed by atoms with E-state index in [1.54, 1.807) is 36.5 Å². The third kappa shape index (κ3) is 3.77. The summed E-state index contributed by atoms with van der Waals surface area (Å²) in [7, 11) is 0. The van der Waals surface area contributed by atoms with Crippen molar-refractivity contribution in [2.45, 2.75) is 31.3 Å². The summed E-state index contributed by atoms with van der Waals surface area (Å²) < 4.78 is 1.86. The van der Waals surface area contributed by atoms with E-state index in [2.05, 4.69) is 11.1 Å². The van der Waals surface area contributed by atoms with Gasteiger partial charge in [0.05, 0.1) is 23.5 Å². The number of halogens is 2. The Morgan fingerprint density at radius 1 is 1.18 bits per heavy atom. The molecule has 10 heteroatoms. The summed E-state index contributed by atoms with van der Waals surface area (Å²) in [6.45, 7) is 0.638. The number of hydrogen-bond acceptors (Lipinski definition) is 5. The highest BCUT2D eigenvalue weighted by Gasteiger charge is 2.43. The minimum Gasteiger partial charge on any atom is -0.368 e. The van der Waals surface area contributed by atoms with Gasteiger partial charge in [0.2, 0.25) is 11.9 Å². The number of nitrogens with zero attached hydrogens (tertiary/aromatic N) is 5. The Morgan fingerprint density at radius 2 is 1.88 bits per heavy atom. The molecule has 1 fully saturated rings. The SMILES string of the molecule is N#Cc1ccc(CC2C(=O)N(c3cc(Cl)cc(Cl)c3)c3ncc(N4CCC[C@H]4C(N)=O)n32)cc1. The average molecular weight is 495 g/mol. The van der Waals surface area contributed by atoms with Crippen molar-refractivity contribution >= 4 is 52.5 Å². The van der Waals surface area contributed by atoms with Gasteiger partial charge in [-0.1, -0.05) is 35.3 Å². The number of rotatable bonds is 5. The fraction of sp³-hybridized carbons (Fsp3) is 0.250. The number of hydrogen-bond donors (Lipinski definition) is 1. The number of nitriles is 1. The molecule has 1 aromatic heterocycles. The second-order valence-electron chi connectivity index (χ2n) is 8.37. The Kier molecular flexibility index (Phi) is 5.68. The van der Waals surface area contributed by atoms with Gasteiger partial charge >= 0.3 is 0 Å². The number of imidazole rings is 1. The van der Waals surface area contributed by atoms with Crippen LogP contribution < -0.4 is 15.5 Å². The lowest BCUT2D eigenvalue weighted by Gasteiger charge is -2.26. The molecule has 34 heavy (non-hydrogen) atoms. The highest BCUT2D eigenvalue weighted by molar-refractivity contribution is 6.35. The Labute approximate surface area is 206 Å². The minimum absolute atomic E-state index is 0.193. The van der Waals surface area contributed by atoms with E-state index in [1.807, 2.05) is 21.6 Å². The van der Waals surface area contributed by atoms with Gasteiger partial charge in [-0.15, -0.1) is 0 Å². The van der Waals surface area contributed by atoms with Gasteiger partial charge < -0.3 is 10.6 Å². The molecule has 1 unspecified atom stereocenters. The molecule has 3 heterocycles. The van der Waals surface area contributed by atoms with Crippen LogP contribution in [0.25, 0.3) is 0 Å². The predicted molar refractivity (Wildman–Crippen MR) is 129 cm³/mol. The summed E-state index contributed by atoms with van der Waals surface area (Å²) in [5, 5.41) is 9.90. The van der Waals surface area contributed by atoms with Crippen LogP contribution in [0.2, 0.25) is 10.0 Å². The van der Waals surface area contributed by atoms with Crippen molar-refractivity contribution in [2.24, 2.45) is 5.73 Å². The molecule has 2 aliphatic rings. The maximum Gasteiger partial charge on any atom is 0.257 e. The van der Waals surface area contributed by atoms with Gasteiger partial charge in [-0.05, 0) is 48.7 Å². The standard InChI is InChI=1S/C24H20Cl2N6O2/c25-16-9-17(26)11-18(10-16)31-23(34)20(8-14-3-5-15(12-27)6-4-14)32-21(13-29-24(31)32)30-7-1-2-19(30)22(28)33/h3-6,9-11,13,19-20H,1-2,7-8H2,(H2,28,33)/t19-,20?/m0/s1. The second kappa shape index (κ2) is 8.67. The Morgan fingerprint density at radius 3 is 2.53 bits per heavy atom. The van der Waals surface area contributed by atoms with E-state index in [0.29, 0.717) is 52.4 Å². The molecule has 0 saturated carbocycles. The van der Waals surface area contributed by atoms with Crippen LogP contribution in [0.3, 0.4) is 0 Å². The number of fused-ring (bicyclic) bond motifs is 1. The van der Waals surface area contributed by atoms with Crippen LogP contribution >= 0.6 is 23.2 Å². The molecule has 2 N–H and O–H groups in total. The van der Waals surface area contributed by atoms with E-state index in [9.17, 15) is 9.59 Å². The van der Waals surface area contributed by atoms with Crippen molar-refractivity contribution in [3.63, 3.8) is 0 Å². The summed E-state index contributed by atoms with van der Waals surface area (Å²) in [5.41, 5.74) is 7.61. The van der Waals surface area contributed by atoms with E-state index in [-0.39, 0.29) is 5.91 Å². The topological polar surface area (TPSA) is 108 Å². The number of carbonyl (C=O) groups is 2. The summed E-state index contributed by atoms with van der Waals surface area (Å²) in [6, 6.07) is 13.1. The van der Waals surface area contributed by atoms with Crippen LogP contribution in [-0.2, 0) is 16.0 Å². The number of primary amides is 1. The summed E-state index contributed by atoms with van der Waals surface area (Å²) in [4.78, 5) is 33.9. The molecule has 0 aliphatic carbocycles. The third-order valence-electron chi connectivity index (χ3n) is 6.27. The smallest absolute Gasteiger partial charge is 0.257 e. The van der Waals surface area contributed by atoms with Crippen LogP contribution in [0.4, 0.5) is 17.5 Å². The minimum atomic E-state index is -0.618. The van der Waals surface area contributed by atoms with Gasteiger partial charge in [0.1, 0.15) is 17.9 Å². The fourth-order valence-electron chi connectivity index (χ4n) is 4.74. The Bertz CT molecular complexity index is 1310. The molecule has 2 aliphatic heterocycles. The van der Waals surface area contributed by atoms with Crippen molar-refractivity contribution in [1.29, 1.82) is 5.26 Å². The molecule has 8 nitrogen and oxygen atoms in total. The summed E-state index contributed by atoms with van der Waals surface area (Å²) in [6.07, 6.45) is 3.52. The monoisotopic (exact) mass is 494 g/mol. The fourth-order valence-corrected chi connectivity index (χ4v) is 5.26. The summed E-state index contributed by atoms with van der Waals surface area (Å²) >= 11 is 12.5. The molecular formula is C24H20Cl2N6O2. The lowest BCUT2D eigenvalue weighted by Crippen LogP contribution is -2.41. The zero-order valence-corrected chi connectivity index (χ0v) is 19.5. The first-order valence-electron chi connectivity index (χ1n) is 10.8. The van der Waals surface area contributed by atoms with Crippen molar-refractivity contribution in [1.82, 2.24) is 9.55 Å². The molecule has 172 valence electrons. The highest BCUT2D eigenvalue weighted by atomic mass is 35.5. The number of nitrogens with two attached hydrogens (primary N) is 1. The molecule has 2 aromatic carbocycles. The van der Waals surface area contributed by atoms with Crippen LogP contribution in [0.5, 0.6) is 0 Å². The van der Waals surface area contributed by atoms with Gasteiger partial charge in [-0.3, -0.25) is 14.2 Å². The molecule has 5 rings (SSSR count). The predicted octanol–water partition coefficient (Wildman–Crippen LogP) is 3.98. The van der Waals surface area contributed by atoms with Crippen LogP contribution in [-0.4, -0.2) is 34.0 Å². The molecule has 3 aromatic rings. The van der Waals surface area contributed by atoms with E-state index in [1.165, 1.54) is 4.90 Å². The zero-order chi connectivity index (χ0) is 24.0. The number of anilines is 3.